The molecule has 0 bridgehead atoms. The largest absolute Gasteiger partial charge is 0.497 e. The number of aliphatic hydroxyl groups is 1. The topological polar surface area (TPSA) is 55.5 Å². The van der Waals surface area contributed by atoms with Crippen LogP contribution in [0.1, 0.15) is 22.7 Å². The first-order chi connectivity index (χ1) is 10.8. The minimum atomic E-state index is -4.58. The Labute approximate surface area is 144 Å². The summed E-state index contributed by atoms with van der Waals surface area (Å²) in [5, 5.41) is 10.2. The number of halogens is 4. The van der Waals surface area contributed by atoms with Crippen molar-refractivity contribution < 1.29 is 23.0 Å². The van der Waals surface area contributed by atoms with Crippen molar-refractivity contribution in [2.75, 3.05) is 7.11 Å². The smallest absolute Gasteiger partial charge is 0.416 e. The SMILES string of the molecule is COc1ccc([C@H](N)[C@H](O)Cc2ccccc2)c(C(F)(F)F)c1.Cl. The lowest BCUT2D eigenvalue weighted by atomic mass is 9.93. The normalized spacial score (nSPS) is 13.8. The van der Waals surface area contributed by atoms with Gasteiger partial charge in [-0.3, -0.25) is 0 Å². The van der Waals surface area contributed by atoms with Crippen LogP contribution in [0.2, 0.25) is 0 Å². The Balaban J connectivity index is 0.00000288. The maximum Gasteiger partial charge on any atom is 0.416 e. The summed E-state index contributed by atoms with van der Waals surface area (Å²) in [4.78, 5) is 0. The van der Waals surface area contributed by atoms with E-state index in [4.69, 9.17) is 10.5 Å². The fourth-order valence-corrected chi connectivity index (χ4v) is 2.39. The quantitative estimate of drug-likeness (QED) is 0.853. The number of hydrogen-bond donors (Lipinski definition) is 2. The lowest BCUT2D eigenvalue weighted by Crippen LogP contribution is -2.30. The van der Waals surface area contributed by atoms with Crippen LogP contribution in [0.25, 0.3) is 0 Å². The van der Waals surface area contributed by atoms with E-state index >= 15 is 0 Å². The summed E-state index contributed by atoms with van der Waals surface area (Å²) in [7, 11) is 1.29. The highest BCUT2D eigenvalue weighted by Gasteiger charge is 2.36. The standard InChI is InChI=1S/C17H18F3NO2.ClH/c1-23-12-7-8-13(14(10-12)17(18,19)20)16(21)15(22)9-11-5-3-2-4-6-11;/h2-8,10,15-16,22H,9,21H2,1H3;1H/t15-,16+;/m1./s1. The third kappa shape index (κ3) is 4.87. The zero-order valence-corrected chi connectivity index (χ0v) is 13.8. The molecule has 3 N–H and O–H groups in total. The fourth-order valence-electron chi connectivity index (χ4n) is 2.39. The second-order valence-electron chi connectivity index (χ2n) is 5.23. The van der Waals surface area contributed by atoms with Gasteiger partial charge in [0.05, 0.1) is 24.8 Å². The van der Waals surface area contributed by atoms with Gasteiger partial charge in [0.2, 0.25) is 0 Å². The zero-order chi connectivity index (χ0) is 17.0. The van der Waals surface area contributed by atoms with Gasteiger partial charge in [-0.1, -0.05) is 36.4 Å². The molecule has 0 aromatic heterocycles. The van der Waals surface area contributed by atoms with Crippen LogP contribution in [0.15, 0.2) is 48.5 Å². The van der Waals surface area contributed by atoms with Crippen LogP contribution in [-0.4, -0.2) is 18.3 Å². The van der Waals surface area contributed by atoms with Gasteiger partial charge in [-0.25, -0.2) is 0 Å². The molecule has 0 aliphatic heterocycles. The Morgan fingerprint density at radius 1 is 1.12 bits per heavy atom. The number of methoxy groups -OCH3 is 1. The number of aliphatic hydroxyl groups excluding tert-OH is 1. The van der Waals surface area contributed by atoms with E-state index in [0.717, 1.165) is 11.6 Å². The Hall–Kier alpha value is -1.76. The third-order valence-electron chi connectivity index (χ3n) is 3.63. The van der Waals surface area contributed by atoms with E-state index in [0.29, 0.717) is 0 Å². The van der Waals surface area contributed by atoms with Gasteiger partial charge in [0.1, 0.15) is 5.75 Å². The van der Waals surface area contributed by atoms with E-state index in [1.165, 1.54) is 19.2 Å². The molecule has 0 aliphatic rings. The predicted molar refractivity (Wildman–Crippen MR) is 88.3 cm³/mol. The van der Waals surface area contributed by atoms with Gasteiger partial charge in [0, 0.05) is 6.42 Å². The summed E-state index contributed by atoms with van der Waals surface area (Å²) < 4.78 is 44.5. The molecule has 2 aromatic rings. The minimum Gasteiger partial charge on any atom is -0.497 e. The molecule has 132 valence electrons. The third-order valence-corrected chi connectivity index (χ3v) is 3.63. The van der Waals surface area contributed by atoms with Gasteiger partial charge in [-0.2, -0.15) is 13.2 Å². The van der Waals surface area contributed by atoms with Crippen molar-refractivity contribution in [3.05, 3.63) is 65.2 Å². The van der Waals surface area contributed by atoms with Gasteiger partial charge in [0.15, 0.2) is 0 Å². The number of hydrogen-bond acceptors (Lipinski definition) is 3. The molecule has 3 nitrogen and oxygen atoms in total. The molecule has 0 spiro atoms. The Morgan fingerprint density at radius 3 is 2.29 bits per heavy atom. The lowest BCUT2D eigenvalue weighted by Gasteiger charge is -2.23. The number of ether oxygens (including phenoxy) is 1. The van der Waals surface area contributed by atoms with Crippen molar-refractivity contribution in [2.45, 2.75) is 24.7 Å². The van der Waals surface area contributed by atoms with Gasteiger partial charge < -0.3 is 15.6 Å². The average Bonchev–Trinajstić information content (AvgIpc) is 2.53. The molecule has 2 atom stereocenters. The molecule has 0 saturated carbocycles. The van der Waals surface area contributed by atoms with Gasteiger partial charge >= 0.3 is 6.18 Å². The first kappa shape index (κ1) is 20.3. The lowest BCUT2D eigenvalue weighted by molar-refractivity contribution is -0.138. The van der Waals surface area contributed by atoms with Gasteiger partial charge in [0.25, 0.3) is 0 Å². The van der Waals surface area contributed by atoms with Crippen LogP contribution >= 0.6 is 12.4 Å². The highest BCUT2D eigenvalue weighted by Crippen LogP contribution is 2.37. The molecular formula is C17H19ClF3NO2. The van der Waals surface area contributed by atoms with Gasteiger partial charge in [-0.15, -0.1) is 12.4 Å². The molecule has 0 heterocycles. The van der Waals surface area contributed by atoms with Crippen LogP contribution < -0.4 is 10.5 Å². The van der Waals surface area contributed by atoms with E-state index < -0.39 is 23.9 Å². The number of alkyl halides is 3. The minimum absolute atomic E-state index is 0. The van der Waals surface area contributed by atoms with E-state index in [9.17, 15) is 18.3 Å². The maximum absolute atomic E-state index is 13.2. The molecule has 0 saturated heterocycles. The van der Waals surface area contributed by atoms with Crippen molar-refractivity contribution in [1.29, 1.82) is 0 Å². The van der Waals surface area contributed by atoms with Crippen LogP contribution in [0.5, 0.6) is 5.75 Å². The highest BCUT2D eigenvalue weighted by molar-refractivity contribution is 5.85. The molecule has 0 fully saturated rings. The molecule has 2 rings (SSSR count). The summed E-state index contributed by atoms with van der Waals surface area (Å²) in [6.45, 7) is 0. The Kier molecular flexibility index (Phi) is 7.08. The predicted octanol–water partition coefficient (Wildman–Crippen LogP) is 3.74. The first-order valence-electron chi connectivity index (χ1n) is 7.05. The molecule has 2 aromatic carbocycles. The van der Waals surface area contributed by atoms with E-state index in [1.54, 1.807) is 24.3 Å². The molecule has 7 heteroatoms. The van der Waals surface area contributed by atoms with Crippen molar-refractivity contribution >= 4 is 12.4 Å². The fraction of sp³-hybridized carbons (Fsp3) is 0.294. The second-order valence-corrected chi connectivity index (χ2v) is 5.23. The first-order valence-corrected chi connectivity index (χ1v) is 7.05. The Bertz CT molecular complexity index is 650. The number of benzene rings is 2. The second kappa shape index (κ2) is 8.37. The summed E-state index contributed by atoms with van der Waals surface area (Å²) in [6.07, 6.45) is -5.54. The molecule has 0 radical (unpaired) electrons. The van der Waals surface area contributed by atoms with E-state index in [-0.39, 0.29) is 30.1 Å². The molecule has 0 unspecified atom stereocenters. The van der Waals surface area contributed by atoms with Crippen molar-refractivity contribution in [2.24, 2.45) is 5.73 Å². The number of rotatable bonds is 5. The van der Waals surface area contributed by atoms with Crippen molar-refractivity contribution in [3.8, 4) is 5.75 Å². The molecule has 24 heavy (non-hydrogen) atoms. The monoisotopic (exact) mass is 361 g/mol. The van der Waals surface area contributed by atoms with E-state index in [1.807, 2.05) is 6.07 Å². The maximum atomic E-state index is 13.2. The highest BCUT2D eigenvalue weighted by atomic mass is 35.5. The van der Waals surface area contributed by atoms with Crippen molar-refractivity contribution in [3.63, 3.8) is 0 Å². The van der Waals surface area contributed by atoms with Crippen LogP contribution in [-0.2, 0) is 12.6 Å². The Morgan fingerprint density at radius 2 is 1.75 bits per heavy atom. The van der Waals surface area contributed by atoms with Crippen LogP contribution in [0, 0.1) is 0 Å². The molecular weight excluding hydrogens is 343 g/mol. The van der Waals surface area contributed by atoms with Gasteiger partial charge in [-0.05, 0) is 23.3 Å². The van der Waals surface area contributed by atoms with Crippen molar-refractivity contribution in [1.82, 2.24) is 0 Å². The van der Waals surface area contributed by atoms with E-state index in [2.05, 4.69) is 0 Å². The summed E-state index contributed by atoms with van der Waals surface area (Å²) >= 11 is 0. The molecule has 0 amide bonds. The van der Waals surface area contributed by atoms with Crippen LogP contribution in [0.3, 0.4) is 0 Å². The summed E-state index contributed by atoms with van der Waals surface area (Å²) in [5.41, 5.74) is 5.64. The molecule has 0 aliphatic carbocycles. The van der Waals surface area contributed by atoms with Crippen LogP contribution in [0.4, 0.5) is 13.2 Å². The summed E-state index contributed by atoms with van der Waals surface area (Å²) in [6, 6.07) is 11.4. The average molecular weight is 362 g/mol. The number of nitrogens with two attached hydrogens (primary N) is 1. The zero-order valence-electron chi connectivity index (χ0n) is 13.0. The summed E-state index contributed by atoms with van der Waals surface area (Å²) in [5.74, 6) is 0.0887.